The van der Waals surface area contributed by atoms with E-state index in [-0.39, 0.29) is 30.1 Å². The molecule has 2 aromatic carbocycles. The maximum absolute atomic E-state index is 13.9. The van der Waals surface area contributed by atoms with Crippen molar-refractivity contribution in [3.63, 3.8) is 0 Å². The van der Waals surface area contributed by atoms with Gasteiger partial charge in [-0.3, -0.25) is 19.3 Å². The molecule has 1 saturated carbocycles. The molecule has 0 saturated heterocycles. The molecule has 0 aliphatic heterocycles. The van der Waals surface area contributed by atoms with E-state index in [0.717, 1.165) is 30.6 Å². The first-order chi connectivity index (χ1) is 17.0. The van der Waals surface area contributed by atoms with Gasteiger partial charge in [-0.25, -0.2) is 0 Å². The molecule has 0 spiro atoms. The topological polar surface area (TPSA) is 75.7 Å². The molecule has 1 aromatic heterocycles. The van der Waals surface area contributed by atoms with Gasteiger partial charge < -0.3 is 10.1 Å². The molecular formula is C28H30N2O4S. The van der Waals surface area contributed by atoms with Crippen LogP contribution in [-0.2, 0) is 16.0 Å². The van der Waals surface area contributed by atoms with Crippen LogP contribution in [0.15, 0.2) is 66.0 Å². The van der Waals surface area contributed by atoms with E-state index in [9.17, 15) is 14.4 Å². The van der Waals surface area contributed by atoms with Crippen molar-refractivity contribution in [2.75, 3.05) is 12.0 Å². The molecule has 1 unspecified atom stereocenters. The number of methoxy groups -OCH3 is 1. The first-order valence-corrected chi connectivity index (χ1v) is 12.7. The van der Waals surface area contributed by atoms with Crippen molar-refractivity contribution < 1.29 is 19.1 Å². The van der Waals surface area contributed by atoms with Crippen molar-refractivity contribution in [2.45, 2.75) is 51.1 Å². The van der Waals surface area contributed by atoms with Gasteiger partial charge in [0.05, 0.1) is 19.2 Å². The van der Waals surface area contributed by atoms with Gasteiger partial charge in [0.2, 0.25) is 11.8 Å². The zero-order valence-corrected chi connectivity index (χ0v) is 20.8. The fourth-order valence-electron chi connectivity index (χ4n) is 4.63. The number of Topliss-reactive ketones (excluding diaryl/α,β-unsaturated/α-hetero) is 1. The maximum Gasteiger partial charge on any atom is 0.248 e. The molecule has 0 radical (unpaired) electrons. The summed E-state index contributed by atoms with van der Waals surface area (Å²) >= 11 is 1.49. The standard InChI is InChI=1S/C28H30N2O4S/c1-19(31)24-14-5-6-15-25(24)30(26(32)18-23-13-8-16-35-23)27(20-9-7-12-22(17-20)34-2)28(33)29-21-10-3-4-11-21/h5-9,12-17,21,27H,3-4,10-11,18H2,1-2H3,(H,29,33). The number of benzene rings is 2. The van der Waals surface area contributed by atoms with Crippen LogP contribution in [0.1, 0.15) is 59.4 Å². The number of carbonyl (C=O) groups excluding carboxylic acids is 3. The normalized spacial score (nSPS) is 14.3. The molecule has 1 atom stereocenters. The van der Waals surface area contributed by atoms with E-state index in [1.54, 1.807) is 43.5 Å². The number of ketones is 1. The van der Waals surface area contributed by atoms with Crippen LogP contribution in [0.4, 0.5) is 5.69 Å². The molecule has 35 heavy (non-hydrogen) atoms. The van der Waals surface area contributed by atoms with Gasteiger partial charge in [-0.2, -0.15) is 0 Å². The minimum Gasteiger partial charge on any atom is -0.497 e. The summed E-state index contributed by atoms with van der Waals surface area (Å²) in [5, 5.41) is 5.09. The molecule has 4 rings (SSSR count). The molecule has 1 aliphatic carbocycles. The molecular weight excluding hydrogens is 460 g/mol. The number of ether oxygens (including phenoxy) is 1. The molecule has 1 heterocycles. The van der Waals surface area contributed by atoms with Gasteiger partial charge in [0.25, 0.3) is 0 Å². The zero-order chi connectivity index (χ0) is 24.8. The fraction of sp³-hybridized carbons (Fsp3) is 0.321. The quantitative estimate of drug-likeness (QED) is 0.411. The van der Waals surface area contributed by atoms with E-state index >= 15 is 0 Å². The smallest absolute Gasteiger partial charge is 0.248 e. The third-order valence-corrected chi connectivity index (χ3v) is 7.21. The Labute approximate surface area is 209 Å². The lowest BCUT2D eigenvalue weighted by atomic mass is 9.99. The lowest BCUT2D eigenvalue weighted by molar-refractivity contribution is -0.127. The molecule has 0 bridgehead atoms. The Kier molecular flexibility index (Phi) is 7.98. The highest BCUT2D eigenvalue weighted by atomic mass is 32.1. The second-order valence-corrected chi connectivity index (χ2v) is 9.79. The van der Waals surface area contributed by atoms with E-state index in [0.29, 0.717) is 22.6 Å². The minimum atomic E-state index is -0.960. The van der Waals surface area contributed by atoms with Crippen LogP contribution in [0, 0.1) is 0 Å². The first kappa shape index (κ1) is 24.7. The number of hydrogen-bond acceptors (Lipinski definition) is 5. The third-order valence-electron chi connectivity index (χ3n) is 6.33. The monoisotopic (exact) mass is 490 g/mol. The number of hydrogen-bond donors (Lipinski definition) is 1. The van der Waals surface area contributed by atoms with Crippen LogP contribution >= 0.6 is 11.3 Å². The van der Waals surface area contributed by atoms with E-state index in [2.05, 4.69) is 5.32 Å². The number of para-hydroxylation sites is 1. The average Bonchev–Trinajstić information content (AvgIpc) is 3.56. The van der Waals surface area contributed by atoms with E-state index < -0.39 is 6.04 Å². The summed E-state index contributed by atoms with van der Waals surface area (Å²) in [7, 11) is 1.57. The fourth-order valence-corrected chi connectivity index (χ4v) is 5.32. The van der Waals surface area contributed by atoms with Crippen molar-refractivity contribution in [1.29, 1.82) is 0 Å². The van der Waals surface area contributed by atoms with Gasteiger partial charge >= 0.3 is 0 Å². The Morgan fingerprint density at radius 3 is 2.51 bits per heavy atom. The van der Waals surface area contributed by atoms with Crippen LogP contribution in [0.2, 0.25) is 0 Å². The molecule has 1 N–H and O–H groups in total. The number of nitrogens with zero attached hydrogens (tertiary/aromatic N) is 1. The van der Waals surface area contributed by atoms with Gasteiger partial charge in [-0.15, -0.1) is 11.3 Å². The van der Waals surface area contributed by atoms with Crippen molar-refractivity contribution in [2.24, 2.45) is 0 Å². The summed E-state index contributed by atoms with van der Waals surface area (Å²) in [6.45, 7) is 1.47. The highest BCUT2D eigenvalue weighted by Gasteiger charge is 2.36. The number of thiophene rings is 1. The SMILES string of the molecule is COc1cccc(C(C(=O)NC2CCCC2)N(C(=O)Cc2cccs2)c2ccccc2C(C)=O)c1. The highest BCUT2D eigenvalue weighted by molar-refractivity contribution is 7.10. The second kappa shape index (κ2) is 11.3. The Morgan fingerprint density at radius 2 is 1.83 bits per heavy atom. The predicted octanol–water partition coefficient (Wildman–Crippen LogP) is 5.34. The summed E-state index contributed by atoms with van der Waals surface area (Å²) in [4.78, 5) is 42.7. The van der Waals surface area contributed by atoms with Crippen LogP contribution in [0.25, 0.3) is 0 Å². The van der Waals surface area contributed by atoms with Gasteiger partial charge in [0.15, 0.2) is 5.78 Å². The largest absolute Gasteiger partial charge is 0.497 e. The maximum atomic E-state index is 13.9. The lowest BCUT2D eigenvalue weighted by Crippen LogP contribution is -2.47. The number of rotatable bonds is 9. The van der Waals surface area contributed by atoms with Gasteiger partial charge in [-0.05, 0) is 61.0 Å². The van der Waals surface area contributed by atoms with E-state index in [4.69, 9.17) is 4.74 Å². The van der Waals surface area contributed by atoms with Crippen LogP contribution in [0.5, 0.6) is 5.75 Å². The molecule has 2 amide bonds. The van der Waals surface area contributed by atoms with Crippen LogP contribution in [0.3, 0.4) is 0 Å². The second-order valence-electron chi connectivity index (χ2n) is 8.76. The molecule has 1 aliphatic rings. The van der Waals surface area contributed by atoms with E-state index in [1.807, 2.05) is 29.6 Å². The summed E-state index contributed by atoms with van der Waals surface area (Å²) in [6, 6.07) is 17.1. The van der Waals surface area contributed by atoms with Gasteiger partial charge in [0, 0.05) is 16.5 Å². The zero-order valence-electron chi connectivity index (χ0n) is 20.0. The summed E-state index contributed by atoms with van der Waals surface area (Å²) < 4.78 is 5.42. The molecule has 3 aromatic rings. The van der Waals surface area contributed by atoms with Crippen molar-refractivity contribution >= 4 is 34.6 Å². The van der Waals surface area contributed by atoms with E-state index in [1.165, 1.54) is 23.2 Å². The average molecular weight is 491 g/mol. The summed E-state index contributed by atoms with van der Waals surface area (Å²) in [6.07, 6.45) is 4.11. The van der Waals surface area contributed by atoms with Crippen LogP contribution < -0.4 is 15.0 Å². The number of amides is 2. The van der Waals surface area contributed by atoms with Gasteiger partial charge in [0.1, 0.15) is 11.8 Å². The van der Waals surface area contributed by atoms with Crippen LogP contribution in [-0.4, -0.2) is 30.7 Å². The number of nitrogens with one attached hydrogen (secondary N) is 1. The summed E-state index contributed by atoms with van der Waals surface area (Å²) in [5.41, 5.74) is 1.45. The van der Waals surface area contributed by atoms with Crippen molar-refractivity contribution in [3.05, 3.63) is 82.0 Å². The Balaban J connectivity index is 1.84. The lowest BCUT2D eigenvalue weighted by Gasteiger charge is -2.33. The minimum absolute atomic E-state index is 0.0768. The highest BCUT2D eigenvalue weighted by Crippen LogP contribution is 2.34. The molecule has 1 fully saturated rings. The van der Waals surface area contributed by atoms with Crippen molar-refractivity contribution in [3.8, 4) is 5.75 Å². The Hall–Kier alpha value is -3.45. The number of carbonyl (C=O) groups is 3. The predicted molar refractivity (Wildman–Crippen MR) is 138 cm³/mol. The van der Waals surface area contributed by atoms with Crippen molar-refractivity contribution in [1.82, 2.24) is 5.32 Å². The van der Waals surface area contributed by atoms with Gasteiger partial charge in [-0.1, -0.05) is 43.2 Å². The Morgan fingerprint density at radius 1 is 1.06 bits per heavy atom. The Bertz CT molecular complexity index is 1190. The first-order valence-electron chi connectivity index (χ1n) is 11.9. The molecule has 7 heteroatoms. The molecule has 6 nitrogen and oxygen atoms in total. The molecule has 182 valence electrons. The third kappa shape index (κ3) is 5.80. The summed E-state index contributed by atoms with van der Waals surface area (Å²) in [5.74, 6) is -0.0969. The number of anilines is 1.